The van der Waals surface area contributed by atoms with E-state index in [1.807, 2.05) is 31.2 Å². The molecule has 0 amide bonds. The van der Waals surface area contributed by atoms with E-state index < -0.39 is 0 Å². The summed E-state index contributed by atoms with van der Waals surface area (Å²) in [4.78, 5) is 8.98. The van der Waals surface area contributed by atoms with E-state index in [1.165, 1.54) is 0 Å². The zero-order valence-corrected chi connectivity index (χ0v) is 15.4. The third-order valence-electron chi connectivity index (χ3n) is 3.72. The number of aryl methyl sites for hydroxylation is 1. The Morgan fingerprint density at radius 3 is 2.28 bits per heavy atom. The molecular formula is C19H18Cl2N4. The molecule has 1 atom stereocenters. The number of hydrogen-bond acceptors (Lipinski definition) is 4. The number of benzene rings is 2. The molecule has 0 aliphatic rings. The van der Waals surface area contributed by atoms with Crippen LogP contribution in [0.15, 0.2) is 54.6 Å². The molecule has 0 saturated carbocycles. The van der Waals surface area contributed by atoms with Crippen LogP contribution in [0.4, 0.5) is 17.5 Å². The van der Waals surface area contributed by atoms with Gasteiger partial charge in [-0.05, 0) is 31.5 Å². The molecule has 1 heterocycles. The van der Waals surface area contributed by atoms with Gasteiger partial charge in [-0.2, -0.15) is 4.98 Å². The van der Waals surface area contributed by atoms with Crippen LogP contribution >= 0.6 is 23.2 Å². The van der Waals surface area contributed by atoms with Gasteiger partial charge >= 0.3 is 0 Å². The lowest BCUT2D eigenvalue weighted by atomic mass is 10.1. The van der Waals surface area contributed by atoms with Gasteiger partial charge in [0.15, 0.2) is 0 Å². The fraction of sp³-hybridized carbons (Fsp3) is 0.158. The van der Waals surface area contributed by atoms with E-state index in [0.717, 1.165) is 11.3 Å². The zero-order valence-electron chi connectivity index (χ0n) is 13.9. The molecule has 0 aliphatic heterocycles. The van der Waals surface area contributed by atoms with Gasteiger partial charge in [-0.15, -0.1) is 0 Å². The minimum absolute atomic E-state index is 0.0831. The first-order valence-electron chi connectivity index (χ1n) is 7.91. The Kier molecular flexibility index (Phi) is 5.41. The standard InChI is InChI=1S/C19H18Cl2N4/c1-12-11-17(24-18-15(20)9-6-10-16(18)21)25-19(22-12)23-13(2)14-7-4-3-5-8-14/h3-11,13H,1-2H3,(H2,22,23,24,25). The Morgan fingerprint density at radius 2 is 1.60 bits per heavy atom. The van der Waals surface area contributed by atoms with Crippen molar-refractivity contribution in [3.8, 4) is 0 Å². The van der Waals surface area contributed by atoms with Crippen LogP contribution in [0.3, 0.4) is 0 Å². The summed E-state index contributed by atoms with van der Waals surface area (Å²) in [5.41, 5.74) is 2.63. The Bertz CT molecular complexity index is 848. The second-order valence-electron chi connectivity index (χ2n) is 5.72. The van der Waals surface area contributed by atoms with E-state index in [4.69, 9.17) is 23.2 Å². The lowest BCUT2D eigenvalue weighted by Gasteiger charge is -2.16. The molecule has 4 nitrogen and oxygen atoms in total. The highest BCUT2D eigenvalue weighted by molar-refractivity contribution is 6.39. The maximum Gasteiger partial charge on any atom is 0.225 e. The number of hydrogen-bond donors (Lipinski definition) is 2. The summed E-state index contributed by atoms with van der Waals surface area (Å²) >= 11 is 12.4. The van der Waals surface area contributed by atoms with Gasteiger partial charge in [0, 0.05) is 11.8 Å². The topological polar surface area (TPSA) is 49.8 Å². The Balaban J connectivity index is 1.83. The maximum atomic E-state index is 6.22. The SMILES string of the molecule is Cc1cc(Nc2c(Cl)cccc2Cl)nc(NC(C)c2ccccc2)n1. The van der Waals surface area contributed by atoms with Crippen molar-refractivity contribution < 1.29 is 0 Å². The summed E-state index contributed by atoms with van der Waals surface area (Å²) in [5, 5.41) is 7.58. The van der Waals surface area contributed by atoms with Crippen molar-refractivity contribution in [1.82, 2.24) is 9.97 Å². The molecule has 3 rings (SSSR count). The lowest BCUT2D eigenvalue weighted by Crippen LogP contribution is -2.11. The highest BCUT2D eigenvalue weighted by Gasteiger charge is 2.11. The fourth-order valence-corrected chi connectivity index (χ4v) is 2.95. The lowest BCUT2D eigenvalue weighted by molar-refractivity contribution is 0.858. The van der Waals surface area contributed by atoms with Gasteiger partial charge in [0.1, 0.15) is 5.82 Å². The monoisotopic (exact) mass is 372 g/mol. The van der Waals surface area contributed by atoms with E-state index in [9.17, 15) is 0 Å². The van der Waals surface area contributed by atoms with Crippen molar-refractivity contribution in [2.45, 2.75) is 19.9 Å². The molecule has 0 saturated heterocycles. The summed E-state index contributed by atoms with van der Waals surface area (Å²) in [5.74, 6) is 1.17. The fourth-order valence-electron chi connectivity index (χ4n) is 2.46. The molecule has 1 aromatic heterocycles. The second kappa shape index (κ2) is 7.72. The minimum atomic E-state index is 0.0831. The first-order chi connectivity index (χ1) is 12.0. The number of halogens is 2. The van der Waals surface area contributed by atoms with Crippen molar-refractivity contribution in [1.29, 1.82) is 0 Å². The van der Waals surface area contributed by atoms with Crippen LogP contribution in [-0.2, 0) is 0 Å². The quantitative estimate of drug-likeness (QED) is 0.575. The van der Waals surface area contributed by atoms with Crippen LogP contribution in [0.25, 0.3) is 0 Å². The zero-order chi connectivity index (χ0) is 17.8. The van der Waals surface area contributed by atoms with Crippen molar-refractivity contribution in [2.24, 2.45) is 0 Å². The minimum Gasteiger partial charge on any atom is -0.348 e. The second-order valence-corrected chi connectivity index (χ2v) is 6.53. The van der Waals surface area contributed by atoms with Gasteiger partial charge < -0.3 is 10.6 Å². The summed E-state index contributed by atoms with van der Waals surface area (Å²) in [7, 11) is 0. The average molecular weight is 373 g/mol. The largest absolute Gasteiger partial charge is 0.348 e. The van der Waals surface area contributed by atoms with E-state index in [1.54, 1.807) is 18.2 Å². The molecule has 0 radical (unpaired) electrons. The number of para-hydroxylation sites is 1. The van der Waals surface area contributed by atoms with E-state index in [-0.39, 0.29) is 6.04 Å². The highest BCUT2D eigenvalue weighted by atomic mass is 35.5. The molecule has 2 N–H and O–H groups in total. The number of nitrogens with one attached hydrogen (secondary N) is 2. The Morgan fingerprint density at radius 1 is 0.920 bits per heavy atom. The Labute approximate surface area is 157 Å². The molecule has 0 fully saturated rings. The van der Waals surface area contributed by atoms with Gasteiger partial charge in [0.25, 0.3) is 0 Å². The van der Waals surface area contributed by atoms with E-state index in [2.05, 4.69) is 39.7 Å². The molecule has 25 heavy (non-hydrogen) atoms. The number of aromatic nitrogens is 2. The van der Waals surface area contributed by atoms with Crippen LogP contribution < -0.4 is 10.6 Å². The molecular weight excluding hydrogens is 355 g/mol. The molecule has 0 aliphatic carbocycles. The van der Waals surface area contributed by atoms with Gasteiger partial charge in [-0.1, -0.05) is 59.6 Å². The molecule has 2 aromatic carbocycles. The number of anilines is 3. The number of nitrogens with zero attached hydrogens (tertiary/aromatic N) is 2. The van der Waals surface area contributed by atoms with Crippen molar-refractivity contribution in [2.75, 3.05) is 10.6 Å². The summed E-state index contributed by atoms with van der Waals surface area (Å²) in [6.07, 6.45) is 0. The average Bonchev–Trinajstić information content (AvgIpc) is 2.58. The first kappa shape index (κ1) is 17.5. The normalized spacial score (nSPS) is 11.8. The Hall–Kier alpha value is -2.30. The summed E-state index contributed by atoms with van der Waals surface area (Å²) < 4.78 is 0. The van der Waals surface area contributed by atoms with Gasteiger partial charge in [0.05, 0.1) is 21.8 Å². The summed E-state index contributed by atoms with van der Waals surface area (Å²) in [6, 6.07) is 17.4. The van der Waals surface area contributed by atoms with Gasteiger partial charge in [0.2, 0.25) is 5.95 Å². The van der Waals surface area contributed by atoms with Crippen molar-refractivity contribution >= 4 is 40.7 Å². The van der Waals surface area contributed by atoms with Crippen LogP contribution in [0.1, 0.15) is 24.2 Å². The van der Waals surface area contributed by atoms with E-state index in [0.29, 0.717) is 27.5 Å². The van der Waals surface area contributed by atoms with Crippen LogP contribution in [-0.4, -0.2) is 9.97 Å². The predicted molar refractivity (Wildman–Crippen MR) is 105 cm³/mol. The maximum absolute atomic E-state index is 6.22. The van der Waals surface area contributed by atoms with Gasteiger partial charge in [-0.25, -0.2) is 4.98 Å². The highest BCUT2D eigenvalue weighted by Crippen LogP contribution is 2.32. The predicted octanol–water partition coefficient (Wildman–Crippen LogP) is 6.01. The van der Waals surface area contributed by atoms with Crippen LogP contribution in [0.2, 0.25) is 10.0 Å². The van der Waals surface area contributed by atoms with Crippen molar-refractivity contribution in [3.05, 3.63) is 75.9 Å². The van der Waals surface area contributed by atoms with Crippen molar-refractivity contribution in [3.63, 3.8) is 0 Å². The van der Waals surface area contributed by atoms with E-state index >= 15 is 0 Å². The third kappa shape index (κ3) is 4.41. The molecule has 6 heteroatoms. The molecule has 0 spiro atoms. The summed E-state index contributed by atoms with van der Waals surface area (Å²) in [6.45, 7) is 3.98. The first-order valence-corrected chi connectivity index (χ1v) is 8.67. The number of rotatable bonds is 5. The molecule has 1 unspecified atom stereocenters. The van der Waals surface area contributed by atoms with Crippen LogP contribution in [0.5, 0.6) is 0 Å². The molecule has 3 aromatic rings. The van der Waals surface area contributed by atoms with Gasteiger partial charge in [-0.3, -0.25) is 0 Å². The molecule has 0 bridgehead atoms. The third-order valence-corrected chi connectivity index (χ3v) is 4.35. The van der Waals surface area contributed by atoms with Crippen LogP contribution in [0, 0.1) is 6.92 Å². The smallest absolute Gasteiger partial charge is 0.225 e. The molecule has 128 valence electrons.